The van der Waals surface area contributed by atoms with Gasteiger partial charge in [-0.1, -0.05) is 15.9 Å². The smallest absolute Gasteiger partial charge is 0.227 e. The number of nitrogens with zero attached hydrogens (tertiary/aromatic N) is 3. The SMILES string of the molecule is Cc1cc(Nc2ccc(Br)cc2)nc(N2CCCC2)n1. The van der Waals surface area contributed by atoms with E-state index in [9.17, 15) is 0 Å². The van der Waals surface area contributed by atoms with Crippen LogP contribution in [0.3, 0.4) is 0 Å². The van der Waals surface area contributed by atoms with Gasteiger partial charge in [-0.3, -0.25) is 0 Å². The summed E-state index contributed by atoms with van der Waals surface area (Å²) >= 11 is 3.44. The van der Waals surface area contributed by atoms with E-state index in [1.807, 2.05) is 37.3 Å². The van der Waals surface area contributed by atoms with E-state index in [-0.39, 0.29) is 0 Å². The molecule has 0 radical (unpaired) electrons. The predicted octanol–water partition coefficient (Wildman–Crippen LogP) is 3.89. The number of nitrogens with one attached hydrogen (secondary N) is 1. The molecule has 1 aliphatic heterocycles. The van der Waals surface area contributed by atoms with Gasteiger partial charge in [0, 0.05) is 35.0 Å². The van der Waals surface area contributed by atoms with Crippen molar-refractivity contribution in [3.05, 3.63) is 40.5 Å². The Morgan fingerprint density at radius 2 is 1.80 bits per heavy atom. The van der Waals surface area contributed by atoms with E-state index in [1.54, 1.807) is 0 Å². The molecule has 1 fully saturated rings. The van der Waals surface area contributed by atoms with Crippen molar-refractivity contribution in [2.75, 3.05) is 23.3 Å². The Balaban J connectivity index is 1.83. The molecule has 0 aliphatic carbocycles. The number of hydrogen-bond acceptors (Lipinski definition) is 4. The van der Waals surface area contributed by atoms with Crippen molar-refractivity contribution in [2.45, 2.75) is 19.8 Å². The molecule has 0 spiro atoms. The summed E-state index contributed by atoms with van der Waals surface area (Å²) in [6.45, 7) is 4.12. The molecule has 1 aromatic carbocycles. The number of hydrogen-bond donors (Lipinski definition) is 1. The molecule has 1 N–H and O–H groups in total. The van der Waals surface area contributed by atoms with Crippen LogP contribution in [0.5, 0.6) is 0 Å². The van der Waals surface area contributed by atoms with Gasteiger partial charge in [0.05, 0.1) is 0 Å². The third-order valence-corrected chi connectivity index (χ3v) is 3.88. The van der Waals surface area contributed by atoms with Crippen molar-refractivity contribution in [3.8, 4) is 0 Å². The van der Waals surface area contributed by atoms with Gasteiger partial charge in [0.2, 0.25) is 5.95 Å². The molecule has 104 valence electrons. The van der Waals surface area contributed by atoms with Crippen LogP contribution in [0.2, 0.25) is 0 Å². The first-order valence-electron chi connectivity index (χ1n) is 6.84. The molecule has 3 rings (SSSR count). The summed E-state index contributed by atoms with van der Waals surface area (Å²) in [6.07, 6.45) is 2.46. The molecule has 5 heteroatoms. The lowest BCUT2D eigenvalue weighted by molar-refractivity contribution is 0.891. The first kappa shape index (κ1) is 13.4. The van der Waals surface area contributed by atoms with Crippen LogP contribution in [0, 0.1) is 6.92 Å². The minimum absolute atomic E-state index is 0.835. The summed E-state index contributed by atoms with van der Waals surface area (Å²) in [6, 6.07) is 10.0. The van der Waals surface area contributed by atoms with Crippen LogP contribution in [0.15, 0.2) is 34.8 Å². The van der Waals surface area contributed by atoms with Crippen LogP contribution in [-0.4, -0.2) is 23.1 Å². The van der Waals surface area contributed by atoms with Gasteiger partial charge < -0.3 is 10.2 Å². The lowest BCUT2D eigenvalue weighted by Gasteiger charge is -2.17. The van der Waals surface area contributed by atoms with Crippen LogP contribution in [0.4, 0.5) is 17.5 Å². The molecule has 0 unspecified atom stereocenters. The summed E-state index contributed by atoms with van der Waals surface area (Å²) in [5.41, 5.74) is 2.01. The summed E-state index contributed by atoms with van der Waals surface area (Å²) in [4.78, 5) is 11.4. The van der Waals surface area contributed by atoms with Gasteiger partial charge in [-0.25, -0.2) is 4.98 Å². The molecule has 1 aromatic heterocycles. The maximum absolute atomic E-state index is 4.63. The second-order valence-corrected chi connectivity index (χ2v) is 5.94. The Kier molecular flexibility index (Phi) is 3.87. The van der Waals surface area contributed by atoms with Crippen molar-refractivity contribution >= 4 is 33.4 Å². The summed E-state index contributed by atoms with van der Waals surface area (Å²) in [5, 5.41) is 3.34. The highest BCUT2D eigenvalue weighted by atomic mass is 79.9. The zero-order valence-corrected chi connectivity index (χ0v) is 13.0. The number of halogens is 1. The molecule has 1 aliphatic rings. The fourth-order valence-electron chi connectivity index (χ4n) is 2.36. The number of aryl methyl sites for hydroxylation is 1. The Morgan fingerprint density at radius 3 is 2.50 bits per heavy atom. The first-order chi connectivity index (χ1) is 9.70. The Labute approximate surface area is 127 Å². The summed E-state index contributed by atoms with van der Waals surface area (Å²) < 4.78 is 1.07. The van der Waals surface area contributed by atoms with Crippen molar-refractivity contribution < 1.29 is 0 Å². The Bertz CT molecular complexity index is 591. The normalized spacial score (nSPS) is 14.6. The van der Waals surface area contributed by atoms with Crippen LogP contribution in [-0.2, 0) is 0 Å². The Hall–Kier alpha value is -1.62. The number of benzene rings is 1. The quantitative estimate of drug-likeness (QED) is 0.925. The van der Waals surface area contributed by atoms with Crippen LogP contribution < -0.4 is 10.2 Å². The molecule has 0 saturated carbocycles. The predicted molar refractivity (Wildman–Crippen MR) is 85.6 cm³/mol. The molecule has 4 nitrogen and oxygen atoms in total. The molecule has 0 bridgehead atoms. The van der Waals surface area contributed by atoms with Crippen molar-refractivity contribution in [1.29, 1.82) is 0 Å². The zero-order valence-electron chi connectivity index (χ0n) is 11.4. The second-order valence-electron chi connectivity index (χ2n) is 5.02. The lowest BCUT2D eigenvalue weighted by Crippen LogP contribution is -2.21. The second kappa shape index (κ2) is 5.79. The molecular weight excluding hydrogens is 316 g/mol. The molecule has 2 heterocycles. The molecule has 0 amide bonds. The van der Waals surface area contributed by atoms with E-state index in [2.05, 4.69) is 36.1 Å². The molecule has 20 heavy (non-hydrogen) atoms. The highest BCUT2D eigenvalue weighted by Crippen LogP contribution is 2.22. The molecule has 2 aromatic rings. The largest absolute Gasteiger partial charge is 0.341 e. The van der Waals surface area contributed by atoms with Gasteiger partial charge in [0.25, 0.3) is 0 Å². The van der Waals surface area contributed by atoms with Gasteiger partial charge in [-0.15, -0.1) is 0 Å². The van der Waals surface area contributed by atoms with E-state index in [0.717, 1.165) is 40.7 Å². The van der Waals surface area contributed by atoms with Crippen LogP contribution in [0.25, 0.3) is 0 Å². The highest BCUT2D eigenvalue weighted by Gasteiger charge is 2.15. The fraction of sp³-hybridized carbons (Fsp3) is 0.333. The third kappa shape index (κ3) is 3.10. The highest BCUT2D eigenvalue weighted by molar-refractivity contribution is 9.10. The number of aromatic nitrogens is 2. The third-order valence-electron chi connectivity index (χ3n) is 3.35. The van der Waals surface area contributed by atoms with Gasteiger partial charge in [0.15, 0.2) is 0 Å². The number of rotatable bonds is 3. The first-order valence-corrected chi connectivity index (χ1v) is 7.63. The van der Waals surface area contributed by atoms with Crippen LogP contribution in [0.1, 0.15) is 18.5 Å². The van der Waals surface area contributed by atoms with E-state index in [4.69, 9.17) is 0 Å². The molecular formula is C15H17BrN4. The average molecular weight is 333 g/mol. The molecule has 1 saturated heterocycles. The average Bonchev–Trinajstić information content (AvgIpc) is 2.95. The lowest BCUT2D eigenvalue weighted by atomic mass is 10.3. The standard InChI is InChI=1S/C15H17BrN4/c1-11-10-14(18-13-6-4-12(16)5-7-13)19-15(17-11)20-8-2-3-9-20/h4-7,10H,2-3,8-9H2,1H3,(H,17,18,19). The van der Waals surface area contributed by atoms with Gasteiger partial charge in [0.1, 0.15) is 5.82 Å². The van der Waals surface area contributed by atoms with Crippen molar-refractivity contribution in [2.24, 2.45) is 0 Å². The van der Waals surface area contributed by atoms with Crippen molar-refractivity contribution in [1.82, 2.24) is 9.97 Å². The molecule has 0 atom stereocenters. The van der Waals surface area contributed by atoms with E-state index >= 15 is 0 Å². The van der Waals surface area contributed by atoms with Crippen molar-refractivity contribution in [3.63, 3.8) is 0 Å². The Morgan fingerprint density at radius 1 is 1.10 bits per heavy atom. The fourth-order valence-corrected chi connectivity index (χ4v) is 2.62. The van der Waals surface area contributed by atoms with E-state index in [1.165, 1.54) is 12.8 Å². The monoisotopic (exact) mass is 332 g/mol. The summed E-state index contributed by atoms with van der Waals surface area (Å²) in [7, 11) is 0. The summed E-state index contributed by atoms with van der Waals surface area (Å²) in [5.74, 6) is 1.68. The minimum atomic E-state index is 0.835. The van der Waals surface area contributed by atoms with Gasteiger partial charge >= 0.3 is 0 Å². The van der Waals surface area contributed by atoms with Gasteiger partial charge in [-0.2, -0.15) is 4.98 Å². The van der Waals surface area contributed by atoms with Gasteiger partial charge in [-0.05, 0) is 44.0 Å². The van der Waals surface area contributed by atoms with E-state index < -0.39 is 0 Å². The minimum Gasteiger partial charge on any atom is -0.341 e. The topological polar surface area (TPSA) is 41.1 Å². The zero-order chi connectivity index (χ0) is 13.9. The van der Waals surface area contributed by atoms with E-state index in [0.29, 0.717) is 0 Å². The number of anilines is 3. The van der Waals surface area contributed by atoms with Crippen LogP contribution >= 0.6 is 15.9 Å². The maximum Gasteiger partial charge on any atom is 0.227 e. The maximum atomic E-state index is 4.63.